The summed E-state index contributed by atoms with van der Waals surface area (Å²) in [5.41, 5.74) is 5.99. The van der Waals surface area contributed by atoms with Crippen LogP contribution in [0.15, 0.2) is 182 Å². The zero-order valence-electron chi connectivity index (χ0n) is 25.2. The summed E-state index contributed by atoms with van der Waals surface area (Å²) in [6.07, 6.45) is 0. The monoisotopic (exact) mass is 602 g/mol. The molecule has 0 atom stereocenters. The van der Waals surface area contributed by atoms with Gasteiger partial charge in [0.1, 0.15) is 0 Å². The van der Waals surface area contributed by atoms with Gasteiger partial charge in [0.15, 0.2) is 8.07 Å². The van der Waals surface area contributed by atoms with E-state index in [0.29, 0.717) is 5.56 Å². The van der Waals surface area contributed by atoms with Crippen molar-refractivity contribution in [2.24, 2.45) is 0 Å². The minimum Gasteiger partial charge on any atom is -0.309 e. The number of hydrogen-bond acceptors (Lipinski definition) is 1. The molecule has 2 nitrogen and oxygen atoms in total. The molecule has 7 aromatic carbocycles. The standard InChI is InChI=1S/C43H30N2Si/c44-31-32-28-34(30-35(29-32)45-42-22-12-10-20-40(42)41-21-11-13-23-43(41)45)33-24-26-39(27-25-33)46(36-14-4-1-5-15-36,37-16-6-2-7-17-37)38-18-8-3-9-19-38/h1-30H. The van der Waals surface area contributed by atoms with Crippen LogP contribution in [0.3, 0.4) is 0 Å². The van der Waals surface area contributed by atoms with Crippen molar-refractivity contribution in [1.29, 1.82) is 5.26 Å². The Balaban J connectivity index is 1.32. The van der Waals surface area contributed by atoms with Crippen molar-refractivity contribution >= 4 is 50.6 Å². The van der Waals surface area contributed by atoms with E-state index in [1.165, 1.54) is 31.5 Å². The smallest absolute Gasteiger partial charge is 0.179 e. The van der Waals surface area contributed by atoms with Crippen LogP contribution in [0, 0.1) is 11.3 Å². The third-order valence-corrected chi connectivity index (χ3v) is 14.0. The number of fused-ring (bicyclic) bond motifs is 3. The van der Waals surface area contributed by atoms with Gasteiger partial charge in [-0.2, -0.15) is 5.26 Å². The Kier molecular flexibility index (Phi) is 6.91. The Hall–Kier alpha value is -5.95. The van der Waals surface area contributed by atoms with Crippen LogP contribution in [0.5, 0.6) is 0 Å². The fourth-order valence-electron chi connectivity index (χ4n) is 7.15. The molecule has 8 aromatic rings. The second-order valence-corrected chi connectivity index (χ2v) is 15.5. The third-order valence-electron chi connectivity index (χ3n) is 9.16. The Morgan fingerprint density at radius 1 is 0.413 bits per heavy atom. The summed E-state index contributed by atoms with van der Waals surface area (Å²) in [6, 6.07) is 67.6. The number of rotatable bonds is 6. The zero-order valence-corrected chi connectivity index (χ0v) is 26.2. The van der Waals surface area contributed by atoms with Gasteiger partial charge >= 0.3 is 0 Å². The number of aromatic nitrogens is 1. The lowest BCUT2D eigenvalue weighted by Crippen LogP contribution is -2.74. The predicted octanol–water partition coefficient (Wildman–Crippen LogP) is 7.70. The number of para-hydroxylation sites is 2. The van der Waals surface area contributed by atoms with E-state index in [4.69, 9.17) is 0 Å². The molecular weight excluding hydrogens is 573 g/mol. The Morgan fingerprint density at radius 2 is 0.848 bits per heavy atom. The first kappa shape index (κ1) is 27.6. The third kappa shape index (κ3) is 4.47. The molecule has 0 aliphatic heterocycles. The van der Waals surface area contributed by atoms with Crippen molar-refractivity contribution in [1.82, 2.24) is 4.57 Å². The lowest BCUT2D eigenvalue weighted by atomic mass is 10.0. The molecule has 0 spiro atoms. The maximum Gasteiger partial charge on any atom is 0.179 e. The fourth-order valence-corrected chi connectivity index (χ4v) is 11.9. The fraction of sp³-hybridized carbons (Fsp3) is 0. The van der Waals surface area contributed by atoms with E-state index in [1.807, 2.05) is 12.1 Å². The molecule has 0 N–H and O–H groups in total. The molecule has 0 radical (unpaired) electrons. The van der Waals surface area contributed by atoms with Crippen LogP contribution in [0.2, 0.25) is 0 Å². The summed E-state index contributed by atoms with van der Waals surface area (Å²) < 4.78 is 2.28. The molecule has 46 heavy (non-hydrogen) atoms. The molecule has 8 rings (SSSR count). The first-order valence-corrected chi connectivity index (χ1v) is 17.6. The van der Waals surface area contributed by atoms with Crippen LogP contribution in [0.1, 0.15) is 5.56 Å². The van der Waals surface area contributed by atoms with Gasteiger partial charge in [0.25, 0.3) is 0 Å². The summed E-state index contributed by atoms with van der Waals surface area (Å²) >= 11 is 0. The van der Waals surface area contributed by atoms with Crippen LogP contribution in [0.25, 0.3) is 38.6 Å². The summed E-state index contributed by atoms with van der Waals surface area (Å²) in [4.78, 5) is 0. The zero-order chi connectivity index (χ0) is 30.9. The lowest BCUT2D eigenvalue weighted by molar-refractivity contribution is 1.18. The van der Waals surface area contributed by atoms with Crippen molar-refractivity contribution < 1.29 is 0 Å². The molecule has 3 heteroatoms. The Morgan fingerprint density at radius 3 is 1.33 bits per heavy atom. The molecule has 0 aliphatic carbocycles. The largest absolute Gasteiger partial charge is 0.309 e. The van der Waals surface area contributed by atoms with Crippen LogP contribution < -0.4 is 20.7 Å². The molecule has 0 fully saturated rings. The first-order chi connectivity index (χ1) is 22.8. The Labute approximate surface area is 270 Å². The minimum atomic E-state index is -2.61. The molecule has 0 saturated heterocycles. The summed E-state index contributed by atoms with van der Waals surface area (Å²) in [6.45, 7) is 0. The van der Waals surface area contributed by atoms with E-state index < -0.39 is 8.07 Å². The van der Waals surface area contributed by atoms with Gasteiger partial charge in [0.2, 0.25) is 0 Å². The summed E-state index contributed by atoms with van der Waals surface area (Å²) in [5, 5.41) is 17.9. The lowest BCUT2D eigenvalue weighted by Gasteiger charge is -2.34. The molecule has 1 heterocycles. The molecule has 0 aliphatic rings. The number of nitriles is 1. The maximum atomic E-state index is 10.1. The van der Waals surface area contributed by atoms with Crippen molar-refractivity contribution in [2.45, 2.75) is 0 Å². The van der Waals surface area contributed by atoms with E-state index in [1.54, 1.807) is 0 Å². The highest BCUT2D eigenvalue weighted by Gasteiger charge is 2.41. The van der Waals surface area contributed by atoms with Gasteiger partial charge in [-0.15, -0.1) is 0 Å². The molecule has 0 bridgehead atoms. The van der Waals surface area contributed by atoms with Crippen molar-refractivity contribution in [3.8, 4) is 22.9 Å². The van der Waals surface area contributed by atoms with Gasteiger partial charge in [0.05, 0.1) is 22.7 Å². The second kappa shape index (κ2) is 11.5. The highest BCUT2D eigenvalue weighted by molar-refractivity contribution is 7.19. The predicted molar refractivity (Wildman–Crippen MR) is 195 cm³/mol. The minimum absolute atomic E-state index is 0.639. The number of nitrogens with zero attached hydrogens (tertiary/aromatic N) is 2. The normalized spacial score (nSPS) is 11.5. The highest BCUT2D eigenvalue weighted by atomic mass is 28.3. The van der Waals surface area contributed by atoms with Crippen LogP contribution in [-0.2, 0) is 0 Å². The van der Waals surface area contributed by atoms with Gasteiger partial charge in [-0.1, -0.05) is 152 Å². The first-order valence-electron chi connectivity index (χ1n) is 15.6. The highest BCUT2D eigenvalue weighted by Crippen LogP contribution is 2.33. The van der Waals surface area contributed by atoms with Crippen LogP contribution in [0.4, 0.5) is 0 Å². The quantitative estimate of drug-likeness (QED) is 0.142. The molecular formula is C43H30N2Si. The maximum absolute atomic E-state index is 10.1. The number of benzene rings is 7. The van der Waals surface area contributed by atoms with Crippen LogP contribution >= 0.6 is 0 Å². The van der Waals surface area contributed by atoms with Gasteiger partial charge in [-0.05, 0) is 62.2 Å². The summed E-state index contributed by atoms with van der Waals surface area (Å²) in [7, 11) is -2.61. The average molecular weight is 603 g/mol. The van der Waals surface area contributed by atoms with Crippen molar-refractivity contribution in [3.63, 3.8) is 0 Å². The van der Waals surface area contributed by atoms with Gasteiger partial charge in [-0.25, -0.2) is 0 Å². The Bertz CT molecular complexity index is 2200. The number of hydrogen-bond donors (Lipinski definition) is 0. The molecule has 1 aromatic heterocycles. The van der Waals surface area contributed by atoms with E-state index in [9.17, 15) is 5.26 Å². The molecule has 0 saturated carbocycles. The van der Waals surface area contributed by atoms with Crippen molar-refractivity contribution in [3.05, 3.63) is 188 Å². The topological polar surface area (TPSA) is 28.7 Å². The average Bonchev–Trinajstić information content (AvgIpc) is 3.48. The van der Waals surface area contributed by atoms with Crippen LogP contribution in [-0.4, -0.2) is 12.6 Å². The second-order valence-electron chi connectivity index (χ2n) is 11.7. The van der Waals surface area contributed by atoms with Crippen molar-refractivity contribution in [2.75, 3.05) is 0 Å². The molecule has 216 valence electrons. The van der Waals surface area contributed by atoms with Gasteiger partial charge in [0, 0.05) is 16.5 Å². The SMILES string of the molecule is N#Cc1cc(-c2ccc([Si](c3ccccc3)(c3ccccc3)c3ccccc3)cc2)cc(-n2c3ccccc3c3ccccc32)c1. The van der Waals surface area contributed by atoms with E-state index in [-0.39, 0.29) is 0 Å². The molecule has 0 amide bonds. The van der Waals surface area contributed by atoms with E-state index >= 15 is 0 Å². The van der Waals surface area contributed by atoms with Gasteiger partial charge < -0.3 is 4.57 Å². The van der Waals surface area contributed by atoms with E-state index in [0.717, 1.165) is 27.8 Å². The van der Waals surface area contributed by atoms with Gasteiger partial charge in [-0.3, -0.25) is 0 Å². The molecule has 0 unspecified atom stereocenters. The van der Waals surface area contributed by atoms with E-state index in [2.05, 4.69) is 180 Å². The summed E-state index contributed by atoms with van der Waals surface area (Å²) in [5.74, 6) is 0.